The first-order valence-electron chi connectivity index (χ1n) is 16.1. The second-order valence-electron chi connectivity index (χ2n) is 11.8. The zero-order valence-electron chi connectivity index (χ0n) is 27.6. The molecule has 0 aliphatic heterocycles. The number of aliphatic hydroxyl groups excluding tert-OH is 1. The Bertz CT molecular complexity index is 1540. The van der Waals surface area contributed by atoms with Crippen LogP contribution in [0.4, 0.5) is 8.78 Å². The summed E-state index contributed by atoms with van der Waals surface area (Å²) in [6, 6.07) is 11.1. The Kier molecular flexibility index (Phi) is 17.1. The number of carbonyl (C=O) groups excluding carboxylic acids is 2. The van der Waals surface area contributed by atoms with E-state index >= 15 is 0 Å². The molecule has 0 fully saturated rings. The third-order valence-corrected chi connectivity index (χ3v) is 10.2. The van der Waals surface area contributed by atoms with Crippen molar-refractivity contribution >= 4 is 34.1 Å². The standard InChI is InChI=1S/C35H46F2N4O5S.ClH/c1-4-8-30(9-5-2)47(45,46)23-32(41-34(43)27-12-14-38-15-13-27)35(44)40-31(19-26-17-28(36)20-29(37)18-26)33(42)22-39-21-25-11-7-10-24(6-3)16-25;/h7,10-18,20,30-33,39,42H,4-6,8-9,19,21-23H2,1-3H3,(H,40,44)(H,41,43);1H/t31-,32?,33+;/m0./s1. The number of aryl methyl sites for hydroxylation is 1. The Labute approximate surface area is 288 Å². The number of hydrogen-bond acceptors (Lipinski definition) is 7. The molecule has 9 nitrogen and oxygen atoms in total. The molecule has 1 aromatic heterocycles. The Morgan fingerprint density at radius 1 is 0.875 bits per heavy atom. The van der Waals surface area contributed by atoms with E-state index in [1.807, 2.05) is 45.0 Å². The van der Waals surface area contributed by atoms with Gasteiger partial charge in [0.1, 0.15) is 17.7 Å². The molecule has 4 N–H and O–H groups in total. The van der Waals surface area contributed by atoms with Crippen molar-refractivity contribution in [3.05, 3.63) is 101 Å². The van der Waals surface area contributed by atoms with Crippen LogP contribution in [0.1, 0.15) is 73.5 Å². The van der Waals surface area contributed by atoms with Crippen molar-refractivity contribution in [1.82, 2.24) is 20.9 Å². The summed E-state index contributed by atoms with van der Waals surface area (Å²) in [7, 11) is -3.86. The maximum Gasteiger partial charge on any atom is 0.252 e. The Balaban J connectivity index is 0.00000800. The number of nitrogens with one attached hydrogen (secondary N) is 3. The molecular weight excluding hydrogens is 662 g/mol. The van der Waals surface area contributed by atoms with Gasteiger partial charge in [-0.25, -0.2) is 17.2 Å². The van der Waals surface area contributed by atoms with Gasteiger partial charge in [-0.1, -0.05) is 57.9 Å². The van der Waals surface area contributed by atoms with E-state index in [2.05, 4.69) is 20.9 Å². The molecule has 0 saturated carbocycles. The molecule has 1 unspecified atom stereocenters. The van der Waals surface area contributed by atoms with Crippen molar-refractivity contribution in [2.75, 3.05) is 12.3 Å². The van der Waals surface area contributed by atoms with Crippen molar-refractivity contribution in [2.45, 2.75) is 89.3 Å². The molecule has 0 aliphatic carbocycles. The third-order valence-electron chi connectivity index (χ3n) is 7.94. The highest BCUT2D eigenvalue weighted by atomic mass is 35.5. The van der Waals surface area contributed by atoms with Crippen LogP contribution in [-0.4, -0.2) is 66.1 Å². The monoisotopic (exact) mass is 708 g/mol. The molecule has 0 bridgehead atoms. The number of sulfone groups is 1. The third kappa shape index (κ3) is 12.9. The topological polar surface area (TPSA) is 137 Å². The van der Waals surface area contributed by atoms with Gasteiger partial charge in [-0.05, 0) is 66.6 Å². The number of nitrogens with zero attached hydrogens (tertiary/aromatic N) is 1. The molecule has 0 saturated heterocycles. The molecule has 3 atom stereocenters. The highest BCUT2D eigenvalue weighted by Gasteiger charge is 2.34. The normalized spacial score (nSPS) is 13.3. The summed E-state index contributed by atoms with van der Waals surface area (Å²) < 4.78 is 55.3. The van der Waals surface area contributed by atoms with E-state index in [4.69, 9.17) is 0 Å². The first kappa shape index (κ1) is 40.7. The highest BCUT2D eigenvalue weighted by molar-refractivity contribution is 7.92. The van der Waals surface area contributed by atoms with E-state index in [1.54, 1.807) is 0 Å². The van der Waals surface area contributed by atoms with E-state index in [9.17, 15) is 31.9 Å². The predicted molar refractivity (Wildman–Crippen MR) is 186 cm³/mol. The van der Waals surface area contributed by atoms with Crippen LogP contribution in [0.15, 0.2) is 67.0 Å². The van der Waals surface area contributed by atoms with Crippen molar-refractivity contribution in [3.8, 4) is 0 Å². The maximum absolute atomic E-state index is 14.1. The van der Waals surface area contributed by atoms with Gasteiger partial charge >= 0.3 is 0 Å². The van der Waals surface area contributed by atoms with Gasteiger partial charge in [0, 0.05) is 37.1 Å². The molecule has 3 aromatic rings. The van der Waals surface area contributed by atoms with Crippen LogP contribution in [-0.2, 0) is 34.0 Å². The van der Waals surface area contributed by atoms with Crippen molar-refractivity contribution < 1.29 is 31.9 Å². The summed E-state index contributed by atoms with van der Waals surface area (Å²) in [4.78, 5) is 30.9. The average Bonchev–Trinajstić information content (AvgIpc) is 3.03. The van der Waals surface area contributed by atoms with Gasteiger partial charge in [-0.15, -0.1) is 12.4 Å². The zero-order valence-corrected chi connectivity index (χ0v) is 29.3. The van der Waals surface area contributed by atoms with Gasteiger partial charge in [0.05, 0.1) is 23.1 Å². The minimum Gasteiger partial charge on any atom is -0.390 e. The number of halogens is 3. The fourth-order valence-electron chi connectivity index (χ4n) is 5.46. The number of rotatable bonds is 19. The molecule has 0 spiro atoms. The summed E-state index contributed by atoms with van der Waals surface area (Å²) in [5.74, 6) is -3.83. The van der Waals surface area contributed by atoms with E-state index in [0.717, 1.165) is 35.7 Å². The van der Waals surface area contributed by atoms with Crippen molar-refractivity contribution in [3.63, 3.8) is 0 Å². The van der Waals surface area contributed by atoms with Crippen LogP contribution >= 0.6 is 12.4 Å². The van der Waals surface area contributed by atoms with Crippen molar-refractivity contribution in [2.24, 2.45) is 0 Å². The van der Waals surface area contributed by atoms with Gasteiger partial charge in [-0.2, -0.15) is 0 Å². The second kappa shape index (κ2) is 20.2. The van der Waals surface area contributed by atoms with E-state index in [0.29, 0.717) is 32.2 Å². The summed E-state index contributed by atoms with van der Waals surface area (Å²) in [6.45, 7) is 6.22. The summed E-state index contributed by atoms with van der Waals surface area (Å²) in [6.07, 6.45) is 4.30. The predicted octanol–water partition coefficient (Wildman–Crippen LogP) is 4.70. The Morgan fingerprint density at radius 2 is 1.50 bits per heavy atom. The van der Waals surface area contributed by atoms with Crippen LogP contribution in [0.5, 0.6) is 0 Å². The van der Waals surface area contributed by atoms with Gasteiger partial charge in [0.25, 0.3) is 5.91 Å². The fraction of sp³-hybridized carbons (Fsp3) is 0.457. The molecule has 2 amide bonds. The van der Waals surface area contributed by atoms with Crippen LogP contribution in [0, 0.1) is 11.6 Å². The molecule has 13 heteroatoms. The number of amides is 2. The van der Waals surface area contributed by atoms with Gasteiger partial charge in [0.2, 0.25) is 5.91 Å². The SMILES string of the molecule is CCCC(CCC)S(=O)(=O)CC(NC(=O)c1ccncc1)C(=O)N[C@@H](Cc1cc(F)cc(F)c1)[C@H](O)CNCc1cccc(CC)c1.Cl. The summed E-state index contributed by atoms with van der Waals surface area (Å²) in [5, 5.41) is 19.0. The summed E-state index contributed by atoms with van der Waals surface area (Å²) in [5.41, 5.74) is 2.50. The molecule has 3 rings (SSSR count). The number of aromatic nitrogens is 1. The van der Waals surface area contributed by atoms with Crippen LogP contribution < -0.4 is 16.0 Å². The quantitative estimate of drug-likeness (QED) is 0.142. The minimum absolute atomic E-state index is 0. The smallest absolute Gasteiger partial charge is 0.252 e. The number of aliphatic hydroxyl groups is 1. The van der Waals surface area contributed by atoms with Gasteiger partial charge < -0.3 is 21.1 Å². The van der Waals surface area contributed by atoms with E-state index in [1.165, 1.54) is 24.5 Å². The largest absolute Gasteiger partial charge is 0.390 e. The lowest BCUT2D eigenvalue weighted by Crippen LogP contribution is -2.57. The molecule has 0 aliphatic rings. The molecule has 1 heterocycles. The molecule has 48 heavy (non-hydrogen) atoms. The molecular formula is C35H47ClF2N4O5S. The zero-order chi connectivity index (χ0) is 34.4. The first-order chi connectivity index (χ1) is 22.4. The lowest BCUT2D eigenvalue weighted by molar-refractivity contribution is -0.124. The van der Waals surface area contributed by atoms with Crippen molar-refractivity contribution in [1.29, 1.82) is 0 Å². The number of hydrogen-bond donors (Lipinski definition) is 4. The Hall–Kier alpha value is -3.45. The lowest BCUT2D eigenvalue weighted by atomic mass is 10.00. The molecule has 264 valence electrons. The van der Waals surface area contributed by atoms with E-state index in [-0.39, 0.29) is 36.5 Å². The van der Waals surface area contributed by atoms with E-state index < -0.39 is 62.5 Å². The fourth-order valence-corrected chi connectivity index (χ4v) is 7.62. The molecule has 0 radical (unpaired) electrons. The minimum atomic E-state index is -3.86. The molecule has 2 aromatic carbocycles. The Morgan fingerprint density at radius 3 is 2.10 bits per heavy atom. The van der Waals surface area contributed by atoms with Crippen LogP contribution in [0.25, 0.3) is 0 Å². The first-order valence-corrected chi connectivity index (χ1v) is 17.8. The van der Waals surface area contributed by atoms with Gasteiger partial charge in [-0.3, -0.25) is 14.6 Å². The highest BCUT2D eigenvalue weighted by Crippen LogP contribution is 2.18. The number of benzene rings is 2. The maximum atomic E-state index is 14.1. The van der Waals surface area contributed by atoms with Gasteiger partial charge in [0.15, 0.2) is 9.84 Å². The van der Waals surface area contributed by atoms with Crippen LogP contribution in [0.2, 0.25) is 0 Å². The summed E-state index contributed by atoms with van der Waals surface area (Å²) >= 11 is 0. The number of carbonyl (C=O) groups is 2. The second-order valence-corrected chi connectivity index (χ2v) is 14.1. The average molecular weight is 709 g/mol. The number of pyridine rings is 1. The lowest BCUT2D eigenvalue weighted by Gasteiger charge is -2.28. The van der Waals surface area contributed by atoms with Crippen LogP contribution in [0.3, 0.4) is 0 Å².